The monoisotopic (exact) mass is 372 g/mol. The van der Waals surface area contributed by atoms with Gasteiger partial charge in [-0.25, -0.2) is 8.42 Å². The average molecular weight is 372 g/mol. The van der Waals surface area contributed by atoms with Gasteiger partial charge in [0.25, 0.3) is 5.91 Å². The average Bonchev–Trinajstić information content (AvgIpc) is 2.61. The molecule has 5 nitrogen and oxygen atoms in total. The number of fused-ring (bicyclic) bond motifs is 1. The molecule has 1 aliphatic rings. The lowest BCUT2D eigenvalue weighted by Gasteiger charge is -2.26. The molecule has 2 aromatic carbocycles. The van der Waals surface area contributed by atoms with E-state index in [1.807, 2.05) is 19.1 Å². The van der Waals surface area contributed by atoms with E-state index in [1.165, 1.54) is 22.5 Å². The van der Waals surface area contributed by atoms with Crippen LogP contribution >= 0.6 is 0 Å². The molecule has 0 aromatic heterocycles. The summed E-state index contributed by atoms with van der Waals surface area (Å²) < 4.78 is 24.9. The van der Waals surface area contributed by atoms with E-state index in [0.717, 1.165) is 31.1 Å². The van der Waals surface area contributed by atoms with Crippen molar-refractivity contribution in [1.29, 1.82) is 0 Å². The zero-order chi connectivity index (χ0) is 18.9. The first kappa shape index (κ1) is 18.5. The van der Waals surface area contributed by atoms with Crippen LogP contribution in [0.5, 0.6) is 0 Å². The van der Waals surface area contributed by atoms with Gasteiger partial charge in [0.2, 0.25) is 10.0 Å². The van der Waals surface area contributed by atoms with Gasteiger partial charge in [0.15, 0.2) is 0 Å². The molecule has 0 heterocycles. The molecular formula is C20H24N2O3S. The number of anilines is 1. The van der Waals surface area contributed by atoms with Crippen LogP contribution in [0.15, 0.2) is 42.5 Å². The molecule has 0 spiro atoms. The molecule has 1 amide bonds. The summed E-state index contributed by atoms with van der Waals surface area (Å²) in [7, 11) is -1.89. The van der Waals surface area contributed by atoms with E-state index in [-0.39, 0.29) is 11.9 Å². The highest BCUT2D eigenvalue weighted by molar-refractivity contribution is 7.92. The first-order valence-corrected chi connectivity index (χ1v) is 10.6. The summed E-state index contributed by atoms with van der Waals surface area (Å²) in [5.41, 5.74) is 4.24. The number of sulfonamides is 1. The fourth-order valence-electron chi connectivity index (χ4n) is 3.41. The van der Waals surface area contributed by atoms with Gasteiger partial charge in [-0.1, -0.05) is 30.3 Å². The lowest BCUT2D eigenvalue weighted by atomic mass is 9.87. The number of nitrogens with one attached hydrogen (secondary N) is 1. The third kappa shape index (κ3) is 3.75. The predicted octanol–water partition coefficient (Wildman–Crippen LogP) is 3.20. The Morgan fingerprint density at radius 3 is 2.65 bits per heavy atom. The number of aryl methyl sites for hydroxylation is 2. The molecular weight excluding hydrogens is 348 g/mol. The zero-order valence-corrected chi connectivity index (χ0v) is 16.1. The highest BCUT2D eigenvalue weighted by atomic mass is 32.2. The lowest BCUT2D eigenvalue weighted by Crippen LogP contribution is -2.31. The van der Waals surface area contributed by atoms with E-state index in [0.29, 0.717) is 11.3 Å². The molecule has 0 saturated heterocycles. The predicted molar refractivity (Wildman–Crippen MR) is 104 cm³/mol. The maximum Gasteiger partial charge on any atom is 0.251 e. The molecule has 1 aliphatic carbocycles. The van der Waals surface area contributed by atoms with Crippen LogP contribution in [0.2, 0.25) is 0 Å². The van der Waals surface area contributed by atoms with E-state index in [1.54, 1.807) is 18.2 Å². The minimum atomic E-state index is -3.39. The van der Waals surface area contributed by atoms with Crippen molar-refractivity contribution in [3.05, 3.63) is 64.7 Å². The van der Waals surface area contributed by atoms with Gasteiger partial charge in [-0.15, -0.1) is 0 Å². The Balaban J connectivity index is 1.86. The Labute approximate surface area is 155 Å². The third-order valence-electron chi connectivity index (χ3n) is 4.98. The van der Waals surface area contributed by atoms with E-state index in [4.69, 9.17) is 0 Å². The number of hydrogen-bond donors (Lipinski definition) is 1. The number of carbonyl (C=O) groups excluding carboxylic acids is 1. The standard InChI is InChI=1S/C20H24N2O3S/c1-14-11-12-16(13-19(14)22(2)26(3,24)25)20(23)21-18-10-6-8-15-7-4-5-9-17(15)18/h4-5,7,9,11-13,18H,6,8,10H2,1-3H3,(H,21,23)/t18-/m0/s1. The molecule has 0 radical (unpaired) electrons. The summed E-state index contributed by atoms with van der Waals surface area (Å²) >= 11 is 0. The maximum atomic E-state index is 12.8. The normalized spacial score (nSPS) is 16.7. The van der Waals surface area contributed by atoms with Crippen molar-refractivity contribution in [1.82, 2.24) is 5.32 Å². The molecule has 0 fully saturated rings. The SMILES string of the molecule is Cc1ccc(C(=O)N[C@H]2CCCc3ccccc32)cc1N(C)S(C)(=O)=O. The number of nitrogens with zero attached hydrogens (tertiary/aromatic N) is 1. The van der Waals surface area contributed by atoms with Crippen LogP contribution in [-0.2, 0) is 16.4 Å². The van der Waals surface area contributed by atoms with Crippen LogP contribution in [0.25, 0.3) is 0 Å². The molecule has 2 aromatic rings. The summed E-state index contributed by atoms with van der Waals surface area (Å²) in [6.07, 6.45) is 4.14. The largest absolute Gasteiger partial charge is 0.345 e. The van der Waals surface area contributed by atoms with E-state index in [2.05, 4.69) is 17.4 Å². The number of hydrogen-bond acceptors (Lipinski definition) is 3. The molecule has 138 valence electrons. The summed E-state index contributed by atoms with van der Waals surface area (Å²) in [5, 5.41) is 3.11. The summed E-state index contributed by atoms with van der Waals surface area (Å²) in [5.74, 6) is -0.185. The highest BCUT2D eigenvalue weighted by Crippen LogP contribution is 2.30. The van der Waals surface area contributed by atoms with Gasteiger partial charge in [-0.05, 0) is 55.0 Å². The topological polar surface area (TPSA) is 66.5 Å². The summed E-state index contributed by atoms with van der Waals surface area (Å²) in [4.78, 5) is 12.8. The highest BCUT2D eigenvalue weighted by Gasteiger charge is 2.23. The molecule has 1 N–H and O–H groups in total. The lowest BCUT2D eigenvalue weighted by molar-refractivity contribution is 0.0932. The van der Waals surface area contributed by atoms with Crippen molar-refractivity contribution >= 4 is 21.6 Å². The zero-order valence-electron chi connectivity index (χ0n) is 15.3. The van der Waals surface area contributed by atoms with Gasteiger partial charge in [0, 0.05) is 12.6 Å². The van der Waals surface area contributed by atoms with E-state index < -0.39 is 10.0 Å². The molecule has 6 heteroatoms. The second kappa shape index (κ2) is 7.11. The quantitative estimate of drug-likeness (QED) is 0.896. The molecule has 1 atom stereocenters. The van der Waals surface area contributed by atoms with Gasteiger partial charge >= 0.3 is 0 Å². The van der Waals surface area contributed by atoms with Crippen LogP contribution in [0.3, 0.4) is 0 Å². The smallest absolute Gasteiger partial charge is 0.251 e. The van der Waals surface area contributed by atoms with Crippen LogP contribution in [-0.4, -0.2) is 27.6 Å². The van der Waals surface area contributed by atoms with Gasteiger partial charge in [0.05, 0.1) is 18.0 Å². The second-order valence-electron chi connectivity index (χ2n) is 6.85. The summed E-state index contributed by atoms with van der Waals surface area (Å²) in [6, 6.07) is 13.3. The van der Waals surface area contributed by atoms with Crippen molar-refractivity contribution in [2.45, 2.75) is 32.2 Å². The van der Waals surface area contributed by atoms with Crippen LogP contribution in [0.1, 0.15) is 45.9 Å². The molecule has 0 unspecified atom stereocenters. The first-order chi connectivity index (χ1) is 12.3. The van der Waals surface area contributed by atoms with Crippen molar-refractivity contribution in [3.63, 3.8) is 0 Å². The number of amides is 1. The van der Waals surface area contributed by atoms with Crippen molar-refractivity contribution < 1.29 is 13.2 Å². The van der Waals surface area contributed by atoms with Gasteiger partial charge in [-0.2, -0.15) is 0 Å². The minimum absolute atomic E-state index is 0.00941. The number of carbonyl (C=O) groups is 1. The molecule has 3 rings (SSSR count). The minimum Gasteiger partial charge on any atom is -0.345 e. The fraction of sp³-hybridized carbons (Fsp3) is 0.350. The van der Waals surface area contributed by atoms with Crippen LogP contribution in [0.4, 0.5) is 5.69 Å². The Hall–Kier alpha value is -2.34. The summed E-state index contributed by atoms with van der Waals surface area (Å²) in [6.45, 7) is 1.83. The second-order valence-corrected chi connectivity index (χ2v) is 8.86. The first-order valence-electron chi connectivity index (χ1n) is 8.70. The van der Waals surface area contributed by atoms with Gasteiger partial charge in [-0.3, -0.25) is 9.10 Å². The Kier molecular flexibility index (Phi) is 5.05. The molecule has 0 aliphatic heterocycles. The maximum absolute atomic E-state index is 12.8. The van der Waals surface area contributed by atoms with Crippen molar-refractivity contribution in [2.75, 3.05) is 17.6 Å². The third-order valence-corrected chi connectivity index (χ3v) is 6.17. The van der Waals surface area contributed by atoms with Gasteiger partial charge < -0.3 is 5.32 Å². The Morgan fingerprint density at radius 1 is 1.19 bits per heavy atom. The Morgan fingerprint density at radius 2 is 1.92 bits per heavy atom. The van der Waals surface area contributed by atoms with Crippen LogP contribution in [0, 0.1) is 6.92 Å². The number of benzene rings is 2. The number of rotatable bonds is 4. The van der Waals surface area contributed by atoms with Crippen molar-refractivity contribution in [2.24, 2.45) is 0 Å². The van der Waals surface area contributed by atoms with Gasteiger partial charge in [0.1, 0.15) is 0 Å². The fourth-order valence-corrected chi connectivity index (χ4v) is 3.97. The molecule has 0 bridgehead atoms. The van der Waals surface area contributed by atoms with E-state index in [9.17, 15) is 13.2 Å². The van der Waals surface area contributed by atoms with Crippen molar-refractivity contribution in [3.8, 4) is 0 Å². The molecule has 26 heavy (non-hydrogen) atoms. The molecule has 0 saturated carbocycles. The van der Waals surface area contributed by atoms with Crippen LogP contribution < -0.4 is 9.62 Å². The Bertz CT molecular complexity index is 938. The van der Waals surface area contributed by atoms with E-state index >= 15 is 0 Å².